The lowest BCUT2D eigenvalue weighted by atomic mass is 10.0. The van der Waals surface area contributed by atoms with Crippen molar-refractivity contribution in [2.75, 3.05) is 31.7 Å². The van der Waals surface area contributed by atoms with Crippen LogP contribution in [0, 0.1) is 0 Å². The molecule has 2 amide bonds. The summed E-state index contributed by atoms with van der Waals surface area (Å²) in [5.74, 6) is 0.470. The largest absolute Gasteiger partial charge is 0.370 e. The van der Waals surface area contributed by atoms with Crippen LogP contribution in [0.4, 0.5) is 4.79 Å². The van der Waals surface area contributed by atoms with Crippen molar-refractivity contribution in [3.63, 3.8) is 0 Å². The Hall–Kier alpha value is -1.40. The molecule has 1 aliphatic rings. The molecule has 0 spiro atoms. The Bertz CT molecular complexity index is 547. The van der Waals surface area contributed by atoms with E-state index in [0.717, 1.165) is 12.0 Å². The minimum atomic E-state index is -0.915. The van der Waals surface area contributed by atoms with E-state index in [-0.39, 0.29) is 18.2 Å². The zero-order valence-electron chi connectivity index (χ0n) is 14.1. The van der Waals surface area contributed by atoms with Crippen LogP contribution in [0.5, 0.6) is 0 Å². The summed E-state index contributed by atoms with van der Waals surface area (Å²) in [5, 5.41) is 2.91. The van der Waals surface area contributed by atoms with Crippen LogP contribution < -0.4 is 5.32 Å². The van der Waals surface area contributed by atoms with E-state index in [1.165, 1.54) is 5.56 Å². The van der Waals surface area contributed by atoms with Crippen LogP contribution in [0.15, 0.2) is 24.3 Å². The lowest BCUT2D eigenvalue weighted by molar-refractivity contribution is -0.0156. The van der Waals surface area contributed by atoms with Crippen molar-refractivity contribution >= 4 is 16.8 Å². The van der Waals surface area contributed by atoms with Crippen LogP contribution in [0.2, 0.25) is 0 Å². The first-order valence-corrected chi connectivity index (χ1v) is 9.78. The van der Waals surface area contributed by atoms with Gasteiger partial charge in [-0.3, -0.25) is 4.21 Å². The first-order valence-electron chi connectivity index (χ1n) is 8.05. The van der Waals surface area contributed by atoms with Crippen molar-refractivity contribution in [1.29, 1.82) is 0 Å². The molecule has 1 heterocycles. The molecule has 0 aliphatic carbocycles. The number of hydrogen-bond donors (Lipinski definition) is 1. The van der Waals surface area contributed by atoms with E-state index in [1.54, 1.807) is 11.2 Å². The molecule has 5 nitrogen and oxygen atoms in total. The third-order valence-electron chi connectivity index (χ3n) is 3.97. The average molecular weight is 338 g/mol. The first-order chi connectivity index (χ1) is 11.0. The number of nitrogens with zero attached hydrogens (tertiary/aromatic N) is 1. The Morgan fingerprint density at radius 1 is 1.43 bits per heavy atom. The van der Waals surface area contributed by atoms with Crippen LogP contribution in [-0.2, 0) is 22.0 Å². The molecule has 1 fully saturated rings. The van der Waals surface area contributed by atoms with E-state index in [9.17, 15) is 9.00 Å². The van der Waals surface area contributed by atoms with Crippen LogP contribution in [0.25, 0.3) is 0 Å². The Morgan fingerprint density at radius 2 is 2.13 bits per heavy atom. The first kappa shape index (κ1) is 17.9. The van der Waals surface area contributed by atoms with Crippen LogP contribution in [-0.4, -0.2) is 52.9 Å². The summed E-state index contributed by atoms with van der Waals surface area (Å²) in [4.78, 5) is 14.1. The van der Waals surface area contributed by atoms with Gasteiger partial charge >= 0.3 is 6.03 Å². The highest BCUT2D eigenvalue weighted by atomic mass is 32.2. The van der Waals surface area contributed by atoms with Gasteiger partial charge in [0, 0.05) is 35.4 Å². The molecule has 2 rings (SSSR count). The van der Waals surface area contributed by atoms with E-state index in [2.05, 4.69) is 36.5 Å². The van der Waals surface area contributed by atoms with Gasteiger partial charge in [0.05, 0.1) is 13.2 Å². The minimum Gasteiger partial charge on any atom is -0.370 e. The Kier molecular flexibility index (Phi) is 6.59. The van der Waals surface area contributed by atoms with Crippen molar-refractivity contribution in [2.24, 2.45) is 0 Å². The molecule has 23 heavy (non-hydrogen) atoms. The van der Waals surface area contributed by atoms with Gasteiger partial charge < -0.3 is 15.0 Å². The van der Waals surface area contributed by atoms with Gasteiger partial charge in [-0.05, 0) is 24.5 Å². The second-order valence-electron chi connectivity index (χ2n) is 5.99. The van der Waals surface area contributed by atoms with Gasteiger partial charge in [0.1, 0.15) is 6.10 Å². The second kappa shape index (κ2) is 8.45. The summed E-state index contributed by atoms with van der Waals surface area (Å²) in [6.07, 6.45) is 2.57. The van der Waals surface area contributed by atoms with Crippen LogP contribution in [0.3, 0.4) is 0 Å². The Labute approximate surface area is 140 Å². The number of carbonyl (C=O) groups excluding carboxylic acids is 1. The van der Waals surface area contributed by atoms with Gasteiger partial charge in [-0.2, -0.15) is 0 Å². The number of aryl methyl sites for hydroxylation is 1. The summed E-state index contributed by atoms with van der Waals surface area (Å²) in [5.41, 5.74) is 2.39. The van der Waals surface area contributed by atoms with Crippen molar-refractivity contribution in [3.8, 4) is 0 Å². The van der Waals surface area contributed by atoms with E-state index in [0.29, 0.717) is 25.4 Å². The highest BCUT2D eigenvalue weighted by molar-refractivity contribution is 7.84. The monoisotopic (exact) mass is 338 g/mol. The molecule has 3 atom stereocenters. The summed E-state index contributed by atoms with van der Waals surface area (Å²) in [6, 6.07) is 8.16. The van der Waals surface area contributed by atoms with E-state index in [1.807, 2.05) is 6.92 Å². The minimum absolute atomic E-state index is 0.0870. The topological polar surface area (TPSA) is 58.6 Å². The second-order valence-corrected chi connectivity index (χ2v) is 7.47. The van der Waals surface area contributed by atoms with Gasteiger partial charge in [-0.1, -0.05) is 31.2 Å². The molecule has 0 saturated carbocycles. The van der Waals surface area contributed by atoms with E-state index in [4.69, 9.17) is 4.74 Å². The van der Waals surface area contributed by atoms with Gasteiger partial charge in [-0.15, -0.1) is 0 Å². The summed E-state index contributed by atoms with van der Waals surface area (Å²) >= 11 is 0. The number of ether oxygens (including phenoxy) is 1. The lowest BCUT2D eigenvalue weighted by Gasteiger charge is -2.34. The van der Waals surface area contributed by atoms with Gasteiger partial charge in [0.25, 0.3) is 0 Å². The third kappa shape index (κ3) is 5.32. The smallest absolute Gasteiger partial charge is 0.317 e. The zero-order chi connectivity index (χ0) is 16.8. The number of carbonyl (C=O) groups is 1. The molecular weight excluding hydrogens is 312 g/mol. The molecule has 128 valence electrons. The van der Waals surface area contributed by atoms with Gasteiger partial charge in [0.2, 0.25) is 0 Å². The highest BCUT2D eigenvalue weighted by Crippen LogP contribution is 2.22. The number of hydrogen-bond acceptors (Lipinski definition) is 3. The van der Waals surface area contributed by atoms with Crippen molar-refractivity contribution < 1.29 is 13.7 Å². The fraction of sp³-hybridized carbons (Fsp3) is 0.588. The standard InChI is InChI=1S/C17H26N2O3S/c1-4-14-5-7-15(8-6-14)16-11-19(9-10-22-16)17(20)18-13(2)12-23(3)21/h5-8,13,16H,4,9-12H2,1-3H3,(H,18,20). The molecular formula is C17H26N2O3S. The summed E-state index contributed by atoms with van der Waals surface area (Å²) in [6.45, 7) is 5.65. The third-order valence-corrected chi connectivity index (χ3v) is 4.94. The number of nitrogens with one attached hydrogen (secondary N) is 1. The maximum atomic E-state index is 12.3. The fourth-order valence-electron chi connectivity index (χ4n) is 2.70. The maximum absolute atomic E-state index is 12.3. The van der Waals surface area contributed by atoms with Crippen LogP contribution in [0.1, 0.15) is 31.1 Å². The quantitative estimate of drug-likeness (QED) is 0.894. The molecule has 1 aliphatic heterocycles. The van der Waals surface area contributed by atoms with Crippen molar-refractivity contribution in [2.45, 2.75) is 32.4 Å². The normalized spacial score (nSPS) is 20.8. The Morgan fingerprint density at radius 3 is 2.74 bits per heavy atom. The predicted molar refractivity (Wildman–Crippen MR) is 93.0 cm³/mol. The average Bonchev–Trinajstić information content (AvgIpc) is 2.54. The van der Waals surface area contributed by atoms with Crippen molar-refractivity contribution in [1.82, 2.24) is 10.2 Å². The molecule has 0 aromatic heterocycles. The van der Waals surface area contributed by atoms with Crippen LogP contribution >= 0.6 is 0 Å². The number of benzene rings is 1. The lowest BCUT2D eigenvalue weighted by Crippen LogP contribution is -2.50. The predicted octanol–water partition coefficient (Wildman–Crippen LogP) is 2.10. The number of urea groups is 1. The SMILES string of the molecule is CCc1ccc(C2CN(C(=O)NC(C)CS(C)=O)CCO2)cc1. The Balaban J connectivity index is 1.94. The maximum Gasteiger partial charge on any atom is 0.317 e. The molecule has 1 saturated heterocycles. The fourth-order valence-corrected chi connectivity index (χ4v) is 3.49. The van der Waals surface area contributed by atoms with E-state index < -0.39 is 10.8 Å². The summed E-state index contributed by atoms with van der Waals surface area (Å²) < 4.78 is 17.0. The molecule has 1 aromatic carbocycles. The van der Waals surface area contributed by atoms with Crippen molar-refractivity contribution in [3.05, 3.63) is 35.4 Å². The number of amides is 2. The molecule has 1 N–H and O–H groups in total. The van der Waals surface area contributed by atoms with Gasteiger partial charge in [-0.25, -0.2) is 4.79 Å². The number of morpholine rings is 1. The molecule has 3 unspecified atom stereocenters. The molecule has 0 radical (unpaired) electrons. The summed E-state index contributed by atoms with van der Waals surface area (Å²) in [7, 11) is -0.915. The molecule has 0 bridgehead atoms. The van der Waals surface area contributed by atoms with E-state index >= 15 is 0 Å². The van der Waals surface area contributed by atoms with Gasteiger partial charge in [0.15, 0.2) is 0 Å². The molecule has 1 aromatic rings. The molecule has 6 heteroatoms. The highest BCUT2D eigenvalue weighted by Gasteiger charge is 2.26. The number of rotatable bonds is 5. The zero-order valence-corrected chi connectivity index (χ0v) is 14.9.